The van der Waals surface area contributed by atoms with Gasteiger partial charge >= 0.3 is 0 Å². The quantitative estimate of drug-likeness (QED) is 0.734. The number of halogens is 2. The van der Waals surface area contributed by atoms with Crippen LogP contribution in [0.4, 0.5) is 14.6 Å². The summed E-state index contributed by atoms with van der Waals surface area (Å²) in [5.74, 6) is -1.17. The molecule has 2 heterocycles. The van der Waals surface area contributed by atoms with Crippen molar-refractivity contribution >= 4 is 11.7 Å². The lowest BCUT2D eigenvalue weighted by molar-refractivity contribution is -0.117. The molecule has 1 amide bonds. The predicted octanol–water partition coefficient (Wildman–Crippen LogP) is 3.49. The predicted molar refractivity (Wildman–Crippen MR) is 91.1 cm³/mol. The first kappa shape index (κ1) is 16.4. The molecule has 3 aromatic rings. The number of H-pyrrole nitrogens is 1. The van der Waals surface area contributed by atoms with E-state index in [0.29, 0.717) is 17.4 Å². The fraction of sp³-hybridized carbons (Fsp3) is 0.278. The number of hydrogen-bond donors (Lipinski definition) is 2. The molecule has 1 aromatic carbocycles. The van der Waals surface area contributed by atoms with Crippen molar-refractivity contribution in [2.75, 3.05) is 5.32 Å². The van der Waals surface area contributed by atoms with E-state index in [2.05, 4.69) is 20.6 Å². The SMILES string of the molecule is C[C@H](C(=O)Nc1cc(C2CC2)[nH]n1)c1ccn(-c2cc(F)cc(F)c2)n1. The minimum Gasteiger partial charge on any atom is -0.309 e. The normalized spacial score (nSPS) is 15.0. The summed E-state index contributed by atoms with van der Waals surface area (Å²) in [5, 5.41) is 14.1. The lowest BCUT2D eigenvalue weighted by atomic mass is 10.1. The Morgan fingerprint density at radius 3 is 2.69 bits per heavy atom. The van der Waals surface area contributed by atoms with Crippen LogP contribution >= 0.6 is 0 Å². The van der Waals surface area contributed by atoms with Gasteiger partial charge in [0.15, 0.2) is 5.82 Å². The Hall–Kier alpha value is -3.03. The number of anilines is 1. The number of carbonyl (C=O) groups excluding carboxylic acids is 1. The molecule has 2 aromatic heterocycles. The van der Waals surface area contributed by atoms with E-state index in [9.17, 15) is 13.6 Å². The van der Waals surface area contributed by atoms with E-state index in [1.165, 1.54) is 16.8 Å². The van der Waals surface area contributed by atoms with Gasteiger partial charge in [-0.25, -0.2) is 13.5 Å². The second-order valence-corrected chi connectivity index (χ2v) is 6.51. The highest BCUT2D eigenvalue weighted by Crippen LogP contribution is 2.39. The largest absolute Gasteiger partial charge is 0.309 e. The standard InChI is InChI=1S/C18H17F2N5O/c1-10(18(26)21-17-9-16(22-23-17)11-2-3-11)15-4-5-25(24-15)14-7-12(19)6-13(20)8-14/h4-11H,2-3H2,1H3,(H2,21,22,23,26)/t10-/m0/s1. The Kier molecular flexibility index (Phi) is 4.02. The molecule has 0 aliphatic heterocycles. The maximum Gasteiger partial charge on any atom is 0.234 e. The van der Waals surface area contributed by atoms with Crippen molar-refractivity contribution < 1.29 is 13.6 Å². The van der Waals surface area contributed by atoms with Gasteiger partial charge in [-0.1, -0.05) is 0 Å². The third-order valence-electron chi connectivity index (χ3n) is 4.42. The van der Waals surface area contributed by atoms with Crippen molar-refractivity contribution in [2.24, 2.45) is 0 Å². The van der Waals surface area contributed by atoms with Gasteiger partial charge < -0.3 is 5.32 Å². The monoisotopic (exact) mass is 357 g/mol. The first-order chi connectivity index (χ1) is 12.5. The van der Waals surface area contributed by atoms with E-state index in [4.69, 9.17) is 0 Å². The van der Waals surface area contributed by atoms with E-state index >= 15 is 0 Å². The molecule has 0 bridgehead atoms. The summed E-state index contributed by atoms with van der Waals surface area (Å²) >= 11 is 0. The molecule has 1 aliphatic carbocycles. The van der Waals surface area contributed by atoms with Crippen LogP contribution in [0.1, 0.15) is 43.0 Å². The minimum atomic E-state index is -0.687. The zero-order valence-corrected chi connectivity index (χ0v) is 14.0. The van der Waals surface area contributed by atoms with Crippen molar-refractivity contribution in [3.05, 3.63) is 59.6 Å². The first-order valence-corrected chi connectivity index (χ1v) is 8.38. The summed E-state index contributed by atoms with van der Waals surface area (Å²) in [6.07, 6.45) is 3.85. The maximum absolute atomic E-state index is 13.4. The number of nitrogens with one attached hydrogen (secondary N) is 2. The zero-order chi connectivity index (χ0) is 18.3. The molecule has 0 unspecified atom stereocenters. The van der Waals surface area contributed by atoms with Crippen LogP contribution in [0.5, 0.6) is 0 Å². The summed E-state index contributed by atoms with van der Waals surface area (Å²) in [4.78, 5) is 12.4. The van der Waals surface area contributed by atoms with Gasteiger partial charge in [0.2, 0.25) is 5.91 Å². The van der Waals surface area contributed by atoms with Crippen LogP contribution in [0.3, 0.4) is 0 Å². The molecule has 8 heteroatoms. The van der Waals surface area contributed by atoms with Crippen molar-refractivity contribution in [1.82, 2.24) is 20.0 Å². The summed E-state index contributed by atoms with van der Waals surface area (Å²) in [5.41, 5.74) is 1.78. The summed E-state index contributed by atoms with van der Waals surface area (Å²) < 4.78 is 28.1. The smallest absolute Gasteiger partial charge is 0.234 e. The molecule has 1 fully saturated rings. The van der Waals surface area contributed by atoms with Crippen LogP contribution in [-0.4, -0.2) is 25.9 Å². The van der Waals surface area contributed by atoms with Crippen LogP contribution in [0.25, 0.3) is 5.69 Å². The number of aromatic amines is 1. The Labute approximate surface area is 148 Å². The molecule has 134 valence electrons. The first-order valence-electron chi connectivity index (χ1n) is 8.38. The Bertz CT molecular complexity index is 940. The average Bonchev–Trinajstić information content (AvgIpc) is 3.15. The number of rotatable bonds is 5. The van der Waals surface area contributed by atoms with Crippen molar-refractivity contribution in [3.63, 3.8) is 0 Å². The van der Waals surface area contributed by atoms with Gasteiger partial charge in [0.1, 0.15) is 11.6 Å². The number of benzene rings is 1. The number of amides is 1. The van der Waals surface area contributed by atoms with Crippen molar-refractivity contribution in [2.45, 2.75) is 31.6 Å². The van der Waals surface area contributed by atoms with Crippen LogP contribution < -0.4 is 5.32 Å². The fourth-order valence-electron chi connectivity index (χ4n) is 2.76. The van der Waals surface area contributed by atoms with Crippen LogP contribution in [0, 0.1) is 11.6 Å². The number of hydrogen-bond acceptors (Lipinski definition) is 3. The van der Waals surface area contributed by atoms with Gasteiger partial charge in [0, 0.05) is 29.9 Å². The van der Waals surface area contributed by atoms with Crippen LogP contribution in [0.2, 0.25) is 0 Å². The van der Waals surface area contributed by atoms with Gasteiger partial charge in [-0.3, -0.25) is 9.89 Å². The Balaban J connectivity index is 1.47. The summed E-state index contributed by atoms with van der Waals surface area (Å²) in [6.45, 7) is 1.71. The van der Waals surface area contributed by atoms with Crippen LogP contribution in [-0.2, 0) is 4.79 Å². The van der Waals surface area contributed by atoms with Crippen molar-refractivity contribution in [3.8, 4) is 5.69 Å². The number of nitrogens with zero attached hydrogens (tertiary/aromatic N) is 3. The highest BCUT2D eigenvalue weighted by Gasteiger charge is 2.26. The fourth-order valence-corrected chi connectivity index (χ4v) is 2.76. The molecule has 26 heavy (non-hydrogen) atoms. The zero-order valence-electron chi connectivity index (χ0n) is 14.0. The maximum atomic E-state index is 13.4. The molecular weight excluding hydrogens is 340 g/mol. The number of carbonyl (C=O) groups is 1. The second-order valence-electron chi connectivity index (χ2n) is 6.51. The molecule has 4 rings (SSSR count). The molecule has 2 N–H and O–H groups in total. The van der Waals surface area contributed by atoms with Crippen LogP contribution in [0.15, 0.2) is 36.5 Å². The highest BCUT2D eigenvalue weighted by molar-refractivity contribution is 5.94. The van der Waals surface area contributed by atoms with Gasteiger partial charge in [-0.15, -0.1) is 0 Å². The van der Waals surface area contributed by atoms with Gasteiger partial charge in [0.25, 0.3) is 0 Å². The van der Waals surface area contributed by atoms with E-state index in [0.717, 1.165) is 24.6 Å². The molecule has 6 nitrogen and oxygen atoms in total. The van der Waals surface area contributed by atoms with Gasteiger partial charge in [0.05, 0.1) is 17.3 Å². The molecular formula is C18H17F2N5O. The summed E-state index contributed by atoms with van der Waals surface area (Å²) in [7, 11) is 0. The van der Waals surface area contributed by atoms with E-state index in [1.54, 1.807) is 19.2 Å². The molecule has 1 atom stereocenters. The minimum absolute atomic E-state index is 0.253. The second kappa shape index (κ2) is 6.36. The molecule has 0 spiro atoms. The lowest BCUT2D eigenvalue weighted by Gasteiger charge is -2.08. The molecule has 1 aliphatic rings. The van der Waals surface area contributed by atoms with Gasteiger partial charge in [-0.05, 0) is 38.0 Å². The van der Waals surface area contributed by atoms with E-state index in [1.807, 2.05) is 6.07 Å². The molecule has 1 saturated carbocycles. The molecule has 0 radical (unpaired) electrons. The third kappa shape index (κ3) is 3.35. The highest BCUT2D eigenvalue weighted by atomic mass is 19.1. The van der Waals surface area contributed by atoms with Gasteiger partial charge in [-0.2, -0.15) is 10.2 Å². The third-order valence-corrected chi connectivity index (χ3v) is 4.42. The van der Waals surface area contributed by atoms with E-state index in [-0.39, 0.29) is 11.6 Å². The number of aromatic nitrogens is 4. The average molecular weight is 357 g/mol. The van der Waals surface area contributed by atoms with Crippen molar-refractivity contribution in [1.29, 1.82) is 0 Å². The Morgan fingerprint density at radius 2 is 2.00 bits per heavy atom. The topological polar surface area (TPSA) is 75.6 Å². The Morgan fingerprint density at radius 1 is 1.27 bits per heavy atom. The van der Waals surface area contributed by atoms with E-state index < -0.39 is 17.6 Å². The summed E-state index contributed by atoms with van der Waals surface area (Å²) in [6, 6.07) is 6.63. The molecule has 0 saturated heterocycles. The lowest BCUT2D eigenvalue weighted by Crippen LogP contribution is -2.19.